The average molecular weight is 486 g/mol. The first kappa shape index (κ1) is 22.7. The number of hydrogen-bond donors (Lipinski definition) is 2. The predicted octanol–water partition coefficient (Wildman–Crippen LogP) is 3.96. The summed E-state index contributed by atoms with van der Waals surface area (Å²) in [5.41, 5.74) is 1.11. The van der Waals surface area contributed by atoms with Crippen LogP contribution in [0, 0.1) is 5.92 Å². The highest BCUT2D eigenvalue weighted by Crippen LogP contribution is 2.51. The van der Waals surface area contributed by atoms with Crippen molar-refractivity contribution in [3.05, 3.63) is 69.7 Å². The molecule has 4 fully saturated rings. The second-order valence-corrected chi connectivity index (χ2v) is 10.5. The van der Waals surface area contributed by atoms with Gasteiger partial charge in [0.1, 0.15) is 6.04 Å². The summed E-state index contributed by atoms with van der Waals surface area (Å²) >= 11 is 12.5. The smallest absolute Gasteiger partial charge is 0.243 e. The number of carbonyl (C=O) groups excluding carboxylic acids is 2. The van der Waals surface area contributed by atoms with Gasteiger partial charge in [-0.05, 0) is 68.0 Å². The van der Waals surface area contributed by atoms with Crippen LogP contribution < -0.4 is 10.6 Å². The van der Waals surface area contributed by atoms with Gasteiger partial charge in [-0.3, -0.25) is 9.59 Å². The molecule has 4 aliphatic rings. The number of amides is 2. The van der Waals surface area contributed by atoms with Crippen molar-refractivity contribution >= 4 is 35.0 Å². The standard InChI is InChI=1S/C26H29Cl2N3O2/c27-19-6-7-20(21(28)15-19)26(10-11-26)25(33)30-22(14-17-4-2-1-3-5-17)24(32)29-23-16-31-12-8-18(23)9-13-31/h1-7,15,18,22-23H,8-14,16H2,(H,29,32)(H,30,33). The van der Waals surface area contributed by atoms with Gasteiger partial charge in [0.05, 0.1) is 5.41 Å². The summed E-state index contributed by atoms with van der Waals surface area (Å²) in [5.74, 6) is 0.273. The van der Waals surface area contributed by atoms with Crippen molar-refractivity contribution in [1.82, 2.24) is 15.5 Å². The summed E-state index contributed by atoms with van der Waals surface area (Å²) in [6.45, 7) is 3.13. The van der Waals surface area contributed by atoms with Crippen LogP contribution in [0.15, 0.2) is 48.5 Å². The zero-order chi connectivity index (χ0) is 23.0. The van der Waals surface area contributed by atoms with Gasteiger partial charge < -0.3 is 15.5 Å². The molecule has 2 atom stereocenters. The second-order valence-electron chi connectivity index (χ2n) is 9.68. The number of carbonyl (C=O) groups is 2. The highest BCUT2D eigenvalue weighted by molar-refractivity contribution is 6.35. The summed E-state index contributed by atoms with van der Waals surface area (Å²) in [6.07, 6.45) is 4.11. The Kier molecular flexibility index (Phi) is 6.39. The van der Waals surface area contributed by atoms with Crippen LogP contribution >= 0.6 is 23.2 Å². The molecular weight excluding hydrogens is 457 g/mol. The minimum absolute atomic E-state index is 0.107. The SMILES string of the molecule is O=C(NC1CN2CCC1CC2)C(Cc1ccccc1)NC(=O)C1(c2ccc(Cl)cc2Cl)CC1. The molecule has 2 bridgehead atoms. The first-order valence-electron chi connectivity index (χ1n) is 11.8. The molecule has 2 N–H and O–H groups in total. The Bertz CT molecular complexity index is 1030. The number of nitrogens with one attached hydrogen (secondary N) is 2. The number of benzene rings is 2. The van der Waals surface area contributed by atoms with Gasteiger partial charge in [0.2, 0.25) is 11.8 Å². The van der Waals surface area contributed by atoms with Gasteiger partial charge >= 0.3 is 0 Å². The van der Waals surface area contributed by atoms with E-state index in [1.165, 1.54) is 0 Å². The predicted molar refractivity (Wildman–Crippen MR) is 131 cm³/mol. The van der Waals surface area contributed by atoms with Crippen LogP contribution in [-0.4, -0.2) is 48.4 Å². The van der Waals surface area contributed by atoms with Crippen molar-refractivity contribution in [2.45, 2.75) is 49.6 Å². The van der Waals surface area contributed by atoms with Crippen LogP contribution in [0.4, 0.5) is 0 Å². The van der Waals surface area contributed by atoms with Gasteiger partial charge in [-0.1, -0.05) is 59.6 Å². The third-order valence-electron chi connectivity index (χ3n) is 7.52. The topological polar surface area (TPSA) is 61.4 Å². The number of nitrogens with zero attached hydrogens (tertiary/aromatic N) is 1. The van der Waals surface area contributed by atoms with Gasteiger partial charge in [-0.25, -0.2) is 0 Å². The van der Waals surface area contributed by atoms with Gasteiger partial charge in [-0.2, -0.15) is 0 Å². The second kappa shape index (κ2) is 9.28. The van der Waals surface area contributed by atoms with E-state index in [2.05, 4.69) is 15.5 Å². The minimum atomic E-state index is -0.688. The number of piperidine rings is 3. The zero-order valence-corrected chi connectivity index (χ0v) is 20.0. The summed E-state index contributed by atoms with van der Waals surface area (Å²) < 4.78 is 0. The molecule has 2 aromatic carbocycles. The van der Waals surface area contributed by atoms with Crippen molar-refractivity contribution in [3.63, 3.8) is 0 Å². The van der Waals surface area contributed by atoms with E-state index in [1.54, 1.807) is 12.1 Å². The van der Waals surface area contributed by atoms with Crippen LogP contribution in [0.2, 0.25) is 10.0 Å². The van der Waals surface area contributed by atoms with Gasteiger partial charge in [-0.15, -0.1) is 0 Å². The van der Waals surface area contributed by atoms with Crippen LogP contribution in [0.25, 0.3) is 0 Å². The maximum atomic E-state index is 13.5. The fraction of sp³-hybridized carbons (Fsp3) is 0.462. The molecule has 1 saturated carbocycles. The number of hydrogen-bond acceptors (Lipinski definition) is 3. The molecule has 2 amide bonds. The maximum Gasteiger partial charge on any atom is 0.243 e. The fourth-order valence-electron chi connectivity index (χ4n) is 5.39. The van der Waals surface area contributed by atoms with Crippen molar-refractivity contribution in [2.24, 2.45) is 5.92 Å². The normalized spacial score (nSPS) is 25.8. The summed E-state index contributed by atoms with van der Waals surface area (Å²) in [5, 5.41) is 7.39. The van der Waals surface area contributed by atoms with Crippen LogP contribution in [-0.2, 0) is 21.4 Å². The van der Waals surface area contributed by atoms with Gasteiger partial charge in [0, 0.05) is 29.1 Å². The van der Waals surface area contributed by atoms with Crippen molar-refractivity contribution in [1.29, 1.82) is 0 Å². The molecule has 2 unspecified atom stereocenters. The van der Waals surface area contributed by atoms with E-state index < -0.39 is 11.5 Å². The largest absolute Gasteiger partial charge is 0.350 e. The average Bonchev–Trinajstić information content (AvgIpc) is 3.62. The first-order chi connectivity index (χ1) is 15.9. The summed E-state index contributed by atoms with van der Waals surface area (Å²) in [7, 11) is 0. The van der Waals surface area contributed by atoms with E-state index in [1.807, 2.05) is 36.4 Å². The Hall–Kier alpha value is -2.08. The Labute approximate surface area is 204 Å². The summed E-state index contributed by atoms with van der Waals surface area (Å²) in [4.78, 5) is 29.3. The third kappa shape index (κ3) is 4.77. The third-order valence-corrected chi connectivity index (χ3v) is 8.07. The molecule has 3 saturated heterocycles. The van der Waals surface area contributed by atoms with Crippen LogP contribution in [0.3, 0.4) is 0 Å². The molecule has 174 valence electrons. The Morgan fingerprint density at radius 2 is 1.79 bits per heavy atom. The lowest BCUT2D eigenvalue weighted by atomic mass is 9.84. The van der Waals surface area contributed by atoms with E-state index in [0.29, 0.717) is 35.2 Å². The van der Waals surface area contributed by atoms with Gasteiger partial charge in [0.25, 0.3) is 0 Å². The van der Waals surface area contributed by atoms with Crippen LogP contribution in [0.1, 0.15) is 36.8 Å². The molecule has 0 radical (unpaired) electrons. The van der Waals surface area contributed by atoms with E-state index in [0.717, 1.165) is 43.6 Å². The van der Waals surface area contributed by atoms with E-state index in [4.69, 9.17) is 23.2 Å². The van der Waals surface area contributed by atoms with E-state index >= 15 is 0 Å². The zero-order valence-electron chi connectivity index (χ0n) is 18.5. The quantitative estimate of drug-likeness (QED) is 0.623. The Balaban J connectivity index is 1.34. The molecule has 0 aromatic heterocycles. The lowest BCUT2D eigenvalue weighted by Crippen LogP contribution is -2.60. The van der Waals surface area contributed by atoms with Crippen molar-refractivity contribution in [2.75, 3.05) is 19.6 Å². The highest BCUT2D eigenvalue weighted by atomic mass is 35.5. The lowest BCUT2D eigenvalue weighted by molar-refractivity contribution is -0.131. The monoisotopic (exact) mass is 485 g/mol. The first-order valence-corrected chi connectivity index (χ1v) is 12.5. The van der Waals surface area contributed by atoms with Crippen molar-refractivity contribution < 1.29 is 9.59 Å². The van der Waals surface area contributed by atoms with E-state index in [-0.39, 0.29) is 17.9 Å². The lowest BCUT2D eigenvalue weighted by Gasteiger charge is -2.45. The molecular formula is C26H29Cl2N3O2. The Morgan fingerprint density at radius 1 is 1.06 bits per heavy atom. The number of fused-ring (bicyclic) bond motifs is 3. The molecule has 1 aliphatic carbocycles. The fourth-order valence-corrected chi connectivity index (χ4v) is 5.98. The molecule has 0 spiro atoms. The maximum absolute atomic E-state index is 13.5. The van der Waals surface area contributed by atoms with Crippen molar-refractivity contribution in [3.8, 4) is 0 Å². The molecule has 5 nitrogen and oxygen atoms in total. The number of halogens is 2. The highest BCUT2D eigenvalue weighted by Gasteiger charge is 2.53. The van der Waals surface area contributed by atoms with Crippen LogP contribution in [0.5, 0.6) is 0 Å². The molecule has 2 aromatic rings. The van der Waals surface area contributed by atoms with E-state index in [9.17, 15) is 9.59 Å². The molecule has 7 heteroatoms. The Morgan fingerprint density at radius 3 is 2.39 bits per heavy atom. The summed E-state index contributed by atoms with van der Waals surface area (Å²) in [6, 6.07) is 14.6. The van der Waals surface area contributed by atoms with Gasteiger partial charge in [0.15, 0.2) is 0 Å². The molecule has 6 rings (SSSR count). The number of rotatable bonds is 7. The molecule has 3 heterocycles. The molecule has 33 heavy (non-hydrogen) atoms. The molecule has 3 aliphatic heterocycles. The minimum Gasteiger partial charge on any atom is -0.350 e.